The van der Waals surface area contributed by atoms with Crippen LogP contribution in [0.2, 0.25) is 0 Å². The van der Waals surface area contributed by atoms with Gasteiger partial charge in [0.1, 0.15) is 0 Å². The van der Waals surface area contributed by atoms with Gasteiger partial charge in [-0.15, -0.1) is 0 Å². The molecule has 116 valence electrons. The maximum atomic E-state index is 11.9. The van der Waals surface area contributed by atoms with Crippen molar-refractivity contribution < 1.29 is 18.0 Å². The molecule has 1 aromatic rings. The molecule has 0 saturated carbocycles. The van der Waals surface area contributed by atoms with Crippen molar-refractivity contribution in [3.63, 3.8) is 0 Å². The average Bonchev–Trinajstić information content (AvgIpc) is 2.36. The minimum absolute atomic E-state index is 0.176. The molecule has 2 N–H and O–H groups in total. The number of carbonyl (C=O) groups is 2. The molecule has 0 spiro atoms. The summed E-state index contributed by atoms with van der Waals surface area (Å²) in [6.45, 7) is 7.03. The molecule has 0 aliphatic rings. The van der Waals surface area contributed by atoms with Gasteiger partial charge in [-0.05, 0) is 52.0 Å². The molecule has 0 radical (unpaired) electrons. The van der Waals surface area contributed by atoms with E-state index in [1.807, 2.05) is 25.5 Å². The normalized spacial score (nSPS) is 11.8. The van der Waals surface area contributed by atoms with Crippen LogP contribution in [0.4, 0.5) is 0 Å². The van der Waals surface area contributed by atoms with E-state index in [-0.39, 0.29) is 22.8 Å². The predicted octanol–water partition coefficient (Wildman–Crippen LogP) is 1.29. The van der Waals surface area contributed by atoms with Crippen LogP contribution in [0.5, 0.6) is 0 Å². The first-order chi connectivity index (χ1) is 9.54. The third-order valence-electron chi connectivity index (χ3n) is 2.53. The summed E-state index contributed by atoms with van der Waals surface area (Å²) in [6.07, 6.45) is 0. The summed E-state index contributed by atoms with van der Waals surface area (Å²) in [7, 11) is -3.60. The van der Waals surface area contributed by atoms with E-state index >= 15 is 0 Å². The molecule has 0 fully saturated rings. The van der Waals surface area contributed by atoms with Gasteiger partial charge in [-0.3, -0.25) is 9.59 Å². The Morgan fingerprint density at radius 1 is 1.00 bits per heavy atom. The van der Waals surface area contributed by atoms with Crippen molar-refractivity contribution in [2.45, 2.75) is 33.2 Å². The lowest BCUT2D eigenvalue weighted by molar-refractivity contribution is 0.0917. The highest BCUT2D eigenvalue weighted by atomic mass is 32.2. The molecule has 1 rings (SSSR count). The van der Waals surface area contributed by atoms with Crippen molar-refractivity contribution in [1.82, 2.24) is 10.0 Å². The van der Waals surface area contributed by atoms with Gasteiger partial charge in [0, 0.05) is 16.7 Å². The molecular weight excluding hydrogens is 292 g/mol. The van der Waals surface area contributed by atoms with Crippen molar-refractivity contribution in [3.8, 4) is 0 Å². The van der Waals surface area contributed by atoms with Gasteiger partial charge in [0.15, 0.2) is 0 Å². The second-order valence-corrected chi connectivity index (χ2v) is 7.63. The maximum Gasteiger partial charge on any atom is 0.264 e. The Balaban J connectivity index is 2.83. The minimum Gasteiger partial charge on any atom is -0.347 e. The molecule has 7 heteroatoms. The Hall–Kier alpha value is -1.89. The van der Waals surface area contributed by atoms with Crippen molar-refractivity contribution in [2.75, 3.05) is 5.75 Å². The highest BCUT2D eigenvalue weighted by Crippen LogP contribution is 2.07. The van der Waals surface area contributed by atoms with Crippen LogP contribution in [0.15, 0.2) is 24.3 Å². The summed E-state index contributed by atoms with van der Waals surface area (Å²) >= 11 is 0. The molecule has 0 atom stereocenters. The number of nitrogens with one attached hydrogen (secondary N) is 2. The number of amides is 2. The Morgan fingerprint density at radius 2 is 1.43 bits per heavy atom. The van der Waals surface area contributed by atoms with Crippen LogP contribution in [0, 0.1) is 0 Å². The largest absolute Gasteiger partial charge is 0.347 e. The molecule has 6 nitrogen and oxygen atoms in total. The topological polar surface area (TPSA) is 92.3 Å². The SMILES string of the molecule is CCS(=O)(=O)NC(=O)c1ccc(C(=O)NC(C)(C)C)cc1. The van der Waals surface area contributed by atoms with Gasteiger partial charge in [-0.2, -0.15) is 0 Å². The van der Waals surface area contributed by atoms with Crippen LogP contribution in [0.1, 0.15) is 48.4 Å². The zero-order valence-corrected chi connectivity index (χ0v) is 13.4. The number of rotatable bonds is 4. The fraction of sp³-hybridized carbons (Fsp3) is 0.429. The van der Waals surface area contributed by atoms with Crippen molar-refractivity contribution in [2.24, 2.45) is 0 Å². The van der Waals surface area contributed by atoms with Crippen LogP contribution in [-0.2, 0) is 10.0 Å². The number of hydrogen-bond donors (Lipinski definition) is 2. The fourth-order valence-corrected chi connectivity index (χ4v) is 2.00. The van der Waals surface area contributed by atoms with E-state index < -0.39 is 15.9 Å². The molecule has 0 saturated heterocycles. The summed E-state index contributed by atoms with van der Waals surface area (Å²) < 4.78 is 24.6. The summed E-state index contributed by atoms with van der Waals surface area (Å²) in [5.41, 5.74) is 0.224. The molecule has 0 heterocycles. The minimum atomic E-state index is -3.60. The Kier molecular flexibility index (Phi) is 5.11. The molecule has 0 aliphatic heterocycles. The van der Waals surface area contributed by atoms with Crippen molar-refractivity contribution >= 4 is 21.8 Å². The van der Waals surface area contributed by atoms with Gasteiger partial charge < -0.3 is 5.32 Å². The van der Waals surface area contributed by atoms with E-state index in [9.17, 15) is 18.0 Å². The molecule has 2 amide bonds. The zero-order chi connectivity index (χ0) is 16.3. The lowest BCUT2D eigenvalue weighted by Gasteiger charge is -2.20. The van der Waals surface area contributed by atoms with Crippen LogP contribution in [0.3, 0.4) is 0 Å². The highest BCUT2D eigenvalue weighted by Gasteiger charge is 2.17. The fourth-order valence-electron chi connectivity index (χ4n) is 1.46. The number of sulfonamides is 1. The molecule has 0 bridgehead atoms. The number of carbonyl (C=O) groups excluding carboxylic acids is 2. The number of hydrogen-bond acceptors (Lipinski definition) is 4. The standard InChI is InChI=1S/C14H20N2O4S/c1-5-21(19,20)16-13(18)11-8-6-10(7-9-11)12(17)15-14(2,3)4/h6-9H,5H2,1-4H3,(H,15,17)(H,16,18). The Labute approximate surface area is 125 Å². The van der Waals surface area contributed by atoms with Crippen molar-refractivity contribution in [3.05, 3.63) is 35.4 Å². The van der Waals surface area contributed by atoms with Gasteiger partial charge in [-0.25, -0.2) is 13.1 Å². The van der Waals surface area contributed by atoms with E-state index in [1.165, 1.54) is 31.2 Å². The van der Waals surface area contributed by atoms with E-state index in [2.05, 4.69) is 5.32 Å². The van der Waals surface area contributed by atoms with Gasteiger partial charge in [0.2, 0.25) is 10.0 Å². The molecular formula is C14H20N2O4S. The Bertz CT molecular complexity index is 628. The Morgan fingerprint density at radius 3 is 1.81 bits per heavy atom. The molecule has 21 heavy (non-hydrogen) atoms. The van der Waals surface area contributed by atoms with E-state index in [0.29, 0.717) is 5.56 Å². The summed E-state index contributed by atoms with van der Waals surface area (Å²) in [6, 6.07) is 5.79. The molecule has 0 unspecified atom stereocenters. The summed E-state index contributed by atoms with van der Waals surface area (Å²) in [5, 5.41) is 2.80. The van der Waals surface area contributed by atoms with E-state index in [0.717, 1.165) is 0 Å². The van der Waals surface area contributed by atoms with Crippen molar-refractivity contribution in [1.29, 1.82) is 0 Å². The quantitative estimate of drug-likeness (QED) is 0.876. The molecule has 0 aromatic heterocycles. The molecule has 0 aliphatic carbocycles. The van der Waals surface area contributed by atoms with Crippen LogP contribution in [-0.4, -0.2) is 31.5 Å². The van der Waals surface area contributed by atoms with Gasteiger partial charge in [-0.1, -0.05) is 0 Å². The lowest BCUT2D eigenvalue weighted by atomic mass is 10.1. The third-order valence-corrected chi connectivity index (χ3v) is 3.78. The van der Waals surface area contributed by atoms with Crippen LogP contribution >= 0.6 is 0 Å². The van der Waals surface area contributed by atoms with Gasteiger partial charge >= 0.3 is 0 Å². The van der Waals surface area contributed by atoms with Gasteiger partial charge in [0.05, 0.1) is 5.75 Å². The van der Waals surface area contributed by atoms with Gasteiger partial charge in [0.25, 0.3) is 11.8 Å². The first-order valence-corrected chi connectivity index (χ1v) is 8.17. The van der Waals surface area contributed by atoms with E-state index in [4.69, 9.17) is 0 Å². The van der Waals surface area contributed by atoms with E-state index in [1.54, 1.807) is 0 Å². The van der Waals surface area contributed by atoms with Crippen LogP contribution in [0.25, 0.3) is 0 Å². The molecule has 1 aromatic carbocycles. The highest BCUT2D eigenvalue weighted by molar-refractivity contribution is 7.90. The average molecular weight is 312 g/mol. The van der Waals surface area contributed by atoms with Crippen LogP contribution < -0.4 is 10.0 Å². The first kappa shape index (κ1) is 17.2. The smallest absolute Gasteiger partial charge is 0.264 e. The third kappa shape index (κ3) is 5.55. The summed E-state index contributed by atoms with van der Waals surface area (Å²) in [4.78, 5) is 23.6. The lowest BCUT2D eigenvalue weighted by Crippen LogP contribution is -2.40. The number of benzene rings is 1. The second-order valence-electron chi connectivity index (χ2n) is 5.62. The summed E-state index contributed by atoms with van der Waals surface area (Å²) in [5.74, 6) is -1.14. The maximum absolute atomic E-state index is 11.9. The monoisotopic (exact) mass is 312 g/mol. The second kappa shape index (κ2) is 6.26. The first-order valence-electron chi connectivity index (χ1n) is 6.51. The zero-order valence-electron chi connectivity index (χ0n) is 12.6. The predicted molar refractivity (Wildman–Crippen MR) is 80.6 cm³/mol.